The van der Waals surface area contributed by atoms with Crippen molar-refractivity contribution in [3.8, 4) is 0 Å². The molecule has 0 aliphatic carbocycles. The van der Waals surface area contributed by atoms with Gasteiger partial charge in [0.15, 0.2) is 0 Å². The molecule has 0 bridgehead atoms. The number of likely N-dealkylation sites (tertiary alicyclic amines) is 2. The predicted molar refractivity (Wildman–Crippen MR) is 445 cm³/mol. The first-order valence-electron chi connectivity index (χ1n) is 41.5. The Labute approximate surface area is 726 Å². The van der Waals surface area contributed by atoms with E-state index >= 15 is 0 Å². The summed E-state index contributed by atoms with van der Waals surface area (Å²) >= 11 is 0. The zero-order valence-corrected chi connectivity index (χ0v) is 72.2. The van der Waals surface area contributed by atoms with Crippen molar-refractivity contribution in [1.82, 2.24) is 78.6 Å². The molecule has 45 nitrogen and oxygen atoms in total. The SMILES string of the molecule is CC(C)C[C@H](NC(=O)[C@H](CCCCN)NC(=O)[C@H](Cc1c[nH]c2ccccc12)NC(=O)[C@H](CC(C)C)NC(=O)[C@H](CC(=O)O)NC(=O)[C@H](CO)NC(=O)[C@H](Cc1ccccc1)NC(=O)[C@H](COP(=O)([O-])O)NC(=O)[C@H](CCC(=O)O)NC(=O)[C@H](CCC(N)=O)NC(=O)[C@H](CO)NC(=O)[C@H](CC(C)C)NC(=O)[C@@H]1CCCN1C(=O)[C@@H]1CCCN1C(=O)[C@H](C)N)C(=O)O. The lowest BCUT2D eigenvalue weighted by atomic mass is 9.99. The first-order chi connectivity index (χ1) is 59.3. The summed E-state index contributed by atoms with van der Waals surface area (Å²) in [6.07, 6.45) is -1.96. The molecule has 25 N–H and O–H groups in total. The Kier molecular flexibility index (Phi) is 42.6. The normalized spacial score (nSPS) is 17.4. The topological polar surface area (TPSA) is 723 Å². The van der Waals surface area contributed by atoms with Crippen molar-refractivity contribution < 1.29 is 131 Å². The maximum absolute atomic E-state index is 14.7. The zero-order valence-electron chi connectivity index (χ0n) is 71.3. The molecule has 2 aliphatic heterocycles. The standard InChI is InChI=1S/C80H121N18O27P/c1-41(2)31-52(69(109)90-55(35-46-37-84-48-20-12-11-19-47(46)48)72(112)85-49(21-13-14-28-81)66(106)93-57(80(120)121)33-43(5)6)88-73(113)56(36-65(104)105)91-75(115)59(39-100)95-71(111)54(34-45-17-9-8-10-18-45)89-76(116)60(40-125-126(122,123)124)96-68(108)51(25-27-64(102)103)86-67(107)50(24-26-63(83)101)87-74(114)58(38-99)94-70(110)53(32-42(3)4)92-77(117)61-22-15-29-97(61)79(119)62-23-16-30-98(62)78(118)44(7)82/h8-12,17-20,37,41-44,49-62,84,99-100H,13-16,21-36,38-40,81-82H2,1-7H3,(H2,83,101)(H,85,112)(H,86,107)(H,87,114)(H,88,113)(H,89,116)(H,90,109)(H,91,115)(H,92,117)(H,93,106)(H,94,110)(H,95,111)(H,96,108)(H,102,103)(H,104,105)(H,120,121)(H2,122,123,124)/p-1/t44-,49-,50-,51-,52-,53-,54-,55-,56-,57-,58-,59-,60-,61-,62-/m0/s1. The van der Waals surface area contributed by atoms with Gasteiger partial charge in [0.25, 0.3) is 7.82 Å². The number of aromatic nitrogens is 1. The van der Waals surface area contributed by atoms with Crippen molar-refractivity contribution in [1.29, 1.82) is 0 Å². The second kappa shape index (κ2) is 51.1. The molecule has 0 radical (unpaired) electrons. The first-order valence-corrected chi connectivity index (χ1v) is 43.0. The third-order valence-corrected chi connectivity index (χ3v) is 21.0. The Morgan fingerprint density at radius 2 is 0.905 bits per heavy atom. The number of carboxylic acid groups (broad SMARTS) is 3. The minimum atomic E-state index is -5.89. The predicted octanol–water partition coefficient (Wildman–Crippen LogP) is -5.48. The van der Waals surface area contributed by atoms with Gasteiger partial charge in [-0.2, -0.15) is 0 Å². The van der Waals surface area contributed by atoms with Gasteiger partial charge in [0.1, 0.15) is 84.6 Å². The summed E-state index contributed by atoms with van der Waals surface area (Å²) < 4.78 is 16.7. The van der Waals surface area contributed by atoms with E-state index in [4.69, 9.17) is 17.2 Å². The molecule has 2 aliphatic rings. The van der Waals surface area contributed by atoms with Crippen LogP contribution in [0.2, 0.25) is 0 Å². The van der Waals surface area contributed by atoms with E-state index in [1.165, 1.54) is 41.0 Å². The van der Waals surface area contributed by atoms with Crippen LogP contribution in [0.15, 0.2) is 60.8 Å². The molecular weight excluding hydrogens is 1680 g/mol. The Balaban J connectivity index is 1.38. The van der Waals surface area contributed by atoms with Crippen molar-refractivity contribution in [2.24, 2.45) is 35.0 Å². The number of benzene rings is 2. The number of primary amides is 1. The van der Waals surface area contributed by atoms with Crippen LogP contribution < -0.4 is 85.9 Å². The van der Waals surface area contributed by atoms with Crippen LogP contribution in [0.5, 0.6) is 0 Å². The molecule has 126 heavy (non-hydrogen) atoms. The fourth-order valence-corrected chi connectivity index (χ4v) is 14.5. The lowest BCUT2D eigenvalue weighted by molar-refractivity contribution is -0.220. The second-order valence-corrected chi connectivity index (χ2v) is 33.5. The number of aliphatic hydroxyl groups excluding tert-OH is 2. The van der Waals surface area contributed by atoms with Gasteiger partial charge in [0.2, 0.25) is 88.6 Å². The number of aliphatic hydroxyl groups is 2. The van der Waals surface area contributed by atoms with Crippen LogP contribution in [0.25, 0.3) is 10.9 Å². The minimum Gasteiger partial charge on any atom is -0.756 e. The van der Waals surface area contributed by atoms with Gasteiger partial charge in [-0.3, -0.25) is 86.1 Å². The van der Waals surface area contributed by atoms with Gasteiger partial charge >= 0.3 is 17.9 Å². The number of para-hydroxylation sites is 1. The van der Waals surface area contributed by atoms with E-state index in [0.29, 0.717) is 48.6 Å². The number of aromatic amines is 1. The van der Waals surface area contributed by atoms with Gasteiger partial charge in [-0.1, -0.05) is 90.1 Å². The largest absolute Gasteiger partial charge is 0.756 e. The third-order valence-electron chi connectivity index (χ3n) is 20.6. The molecule has 698 valence electrons. The number of nitrogens with zero attached hydrogens (tertiary/aromatic N) is 2. The Bertz CT molecular complexity index is 4360. The van der Waals surface area contributed by atoms with E-state index in [1.54, 1.807) is 78.1 Å². The van der Waals surface area contributed by atoms with Gasteiger partial charge < -0.3 is 136 Å². The summed E-state index contributed by atoms with van der Waals surface area (Å²) in [7, 11) is -5.89. The molecule has 15 amide bonds. The molecular formula is C80H120N18O27P-. The number of hydrogen-bond donors (Lipinski definition) is 22. The number of phosphoric ester groups is 1. The average Bonchev–Trinajstić information content (AvgIpc) is 1.65. The summed E-state index contributed by atoms with van der Waals surface area (Å²) in [5.41, 5.74) is 18.4. The van der Waals surface area contributed by atoms with Crippen molar-refractivity contribution in [3.63, 3.8) is 0 Å². The number of hydrogen-bond acceptors (Lipinski definition) is 25. The van der Waals surface area contributed by atoms with Gasteiger partial charge in [0, 0.05) is 55.9 Å². The van der Waals surface area contributed by atoms with Crippen LogP contribution in [-0.4, -0.2) is 282 Å². The molecule has 3 aromatic rings. The van der Waals surface area contributed by atoms with E-state index in [0.717, 1.165) is 0 Å². The average molecular weight is 1800 g/mol. The van der Waals surface area contributed by atoms with Gasteiger partial charge in [-0.15, -0.1) is 0 Å². The van der Waals surface area contributed by atoms with Crippen LogP contribution in [0.4, 0.5) is 0 Å². The number of carboxylic acids is 3. The fourth-order valence-electron chi connectivity index (χ4n) is 14.2. The summed E-state index contributed by atoms with van der Waals surface area (Å²) in [6, 6.07) is -10.7. The second-order valence-electron chi connectivity index (χ2n) is 32.3. The number of phosphoric acid groups is 1. The molecule has 2 fully saturated rings. The van der Waals surface area contributed by atoms with Gasteiger partial charge in [-0.05, 0) is 125 Å². The van der Waals surface area contributed by atoms with Crippen molar-refractivity contribution >= 4 is 125 Å². The third kappa shape index (κ3) is 34.4. The van der Waals surface area contributed by atoms with E-state index in [9.17, 15) is 126 Å². The maximum Gasteiger partial charge on any atom is 0.326 e. The molecule has 1 aromatic heterocycles. The number of unbranched alkanes of at least 4 members (excludes halogenated alkanes) is 1. The van der Waals surface area contributed by atoms with Crippen LogP contribution in [0, 0.1) is 17.8 Å². The Morgan fingerprint density at radius 1 is 0.492 bits per heavy atom. The summed E-state index contributed by atoms with van der Waals surface area (Å²) in [4.78, 5) is 276. The zero-order chi connectivity index (χ0) is 94.0. The molecule has 0 spiro atoms. The van der Waals surface area contributed by atoms with Crippen molar-refractivity contribution in [3.05, 3.63) is 71.9 Å². The summed E-state index contributed by atoms with van der Waals surface area (Å²) in [5.74, 6) is -22.3. The number of carbonyl (C=O) groups is 18. The van der Waals surface area contributed by atoms with E-state index in [2.05, 4.69) is 68.0 Å². The fraction of sp³-hybridized carbons (Fsp3) is 0.600. The van der Waals surface area contributed by atoms with Gasteiger partial charge in [-0.25, -0.2) is 4.79 Å². The number of fused-ring (bicyclic) bond motifs is 1. The highest BCUT2D eigenvalue weighted by Gasteiger charge is 2.45. The highest BCUT2D eigenvalue weighted by Crippen LogP contribution is 2.31. The molecule has 2 aromatic carbocycles. The number of H-pyrrole nitrogens is 1. The molecule has 16 atom stereocenters. The quantitative estimate of drug-likeness (QED) is 0.0185. The Hall–Kier alpha value is -11.6. The Morgan fingerprint density at radius 3 is 1.40 bits per heavy atom. The number of amides is 15. The number of aliphatic carboxylic acids is 3. The molecule has 0 saturated carbocycles. The van der Waals surface area contributed by atoms with E-state index in [-0.39, 0.29) is 75.6 Å². The van der Waals surface area contributed by atoms with Crippen molar-refractivity contribution in [2.75, 3.05) is 39.5 Å². The molecule has 46 heteroatoms. The molecule has 5 rings (SSSR count). The molecule has 3 heterocycles. The smallest absolute Gasteiger partial charge is 0.326 e. The maximum atomic E-state index is 14.7. The van der Waals surface area contributed by atoms with Crippen LogP contribution >= 0.6 is 7.82 Å². The van der Waals surface area contributed by atoms with Crippen LogP contribution in [-0.2, 0) is 108 Å². The van der Waals surface area contributed by atoms with Crippen LogP contribution in [0.3, 0.4) is 0 Å². The number of nitrogens with two attached hydrogens (primary N) is 3. The molecule has 2 saturated heterocycles. The van der Waals surface area contributed by atoms with E-state index in [1.807, 2.05) is 5.32 Å². The monoisotopic (exact) mass is 1800 g/mol. The summed E-state index contributed by atoms with van der Waals surface area (Å²) in [5, 5.41) is 79.8. The first kappa shape index (κ1) is 105. The van der Waals surface area contributed by atoms with Gasteiger partial charge in [0.05, 0.1) is 32.3 Å². The lowest BCUT2D eigenvalue weighted by Gasteiger charge is -2.32. The van der Waals surface area contributed by atoms with Crippen LogP contribution in [0.1, 0.15) is 156 Å². The highest BCUT2D eigenvalue weighted by atomic mass is 31.2. The lowest BCUT2D eigenvalue weighted by Crippen LogP contribution is -2.62. The minimum absolute atomic E-state index is 0.0214. The number of rotatable bonds is 54. The highest BCUT2D eigenvalue weighted by molar-refractivity contribution is 7.44. The van der Waals surface area contributed by atoms with E-state index < -0.39 is 269 Å². The number of carbonyl (C=O) groups excluding carboxylic acids is 15. The van der Waals surface area contributed by atoms with Crippen molar-refractivity contribution in [2.45, 2.75) is 248 Å². The molecule has 1 unspecified atom stereocenters. The summed E-state index contributed by atoms with van der Waals surface area (Å²) in [6.45, 7) is 8.18. The number of nitrogens with one attached hydrogen (secondary N) is 13.